The first-order chi connectivity index (χ1) is 9.47. The number of aliphatic hydroxyl groups excluding tert-OH is 1. The minimum absolute atomic E-state index is 0.161. The first kappa shape index (κ1) is 17.2. The maximum Gasteiger partial charge on any atom is 0.319 e. The van der Waals surface area contributed by atoms with E-state index in [4.69, 9.17) is 4.74 Å². The van der Waals surface area contributed by atoms with E-state index < -0.39 is 6.10 Å². The molecule has 0 aromatic heterocycles. The smallest absolute Gasteiger partial charge is 0.319 e. The minimum Gasteiger partial charge on any atom is -0.389 e. The first-order valence-electron chi connectivity index (χ1n) is 6.53. The molecule has 20 heavy (non-hydrogen) atoms. The van der Waals surface area contributed by atoms with E-state index in [1.54, 1.807) is 0 Å². The second kappa shape index (κ2) is 9.15. The Balaban J connectivity index is 2.20. The van der Waals surface area contributed by atoms with Crippen molar-refractivity contribution >= 4 is 34.3 Å². The Labute approximate surface area is 133 Å². The van der Waals surface area contributed by atoms with Gasteiger partial charge in [-0.15, -0.1) is 0 Å². The van der Waals surface area contributed by atoms with Crippen molar-refractivity contribution in [3.63, 3.8) is 0 Å². The van der Waals surface area contributed by atoms with Crippen LogP contribution in [0.25, 0.3) is 0 Å². The molecule has 1 rings (SSSR count). The van der Waals surface area contributed by atoms with Gasteiger partial charge in [-0.3, -0.25) is 0 Å². The second-order valence-electron chi connectivity index (χ2n) is 4.93. The Kier molecular flexibility index (Phi) is 7.86. The van der Waals surface area contributed by atoms with Crippen LogP contribution in [0.2, 0.25) is 0 Å². The molecule has 0 saturated carbocycles. The quantitative estimate of drug-likeness (QED) is 0.625. The monoisotopic (exact) mass is 392 g/mol. The third-order valence-corrected chi connectivity index (χ3v) is 3.08. The van der Waals surface area contributed by atoms with Gasteiger partial charge in [0.2, 0.25) is 0 Å². The minimum atomic E-state index is -0.698. The van der Waals surface area contributed by atoms with Gasteiger partial charge in [-0.05, 0) is 52.8 Å². The first-order valence-corrected chi connectivity index (χ1v) is 7.61. The van der Waals surface area contributed by atoms with Gasteiger partial charge < -0.3 is 20.5 Å². The summed E-state index contributed by atoms with van der Waals surface area (Å²) in [7, 11) is 0. The van der Waals surface area contributed by atoms with Crippen LogP contribution in [-0.2, 0) is 4.74 Å². The molecule has 1 aromatic rings. The maximum atomic E-state index is 11.6. The van der Waals surface area contributed by atoms with Crippen LogP contribution in [0.4, 0.5) is 10.5 Å². The molecule has 1 atom stereocenters. The van der Waals surface area contributed by atoms with Crippen LogP contribution < -0.4 is 10.6 Å². The summed E-state index contributed by atoms with van der Waals surface area (Å²) >= 11 is 2.20. The maximum absolute atomic E-state index is 11.6. The number of benzene rings is 1. The molecule has 1 aromatic carbocycles. The van der Waals surface area contributed by atoms with Crippen LogP contribution >= 0.6 is 22.6 Å². The van der Waals surface area contributed by atoms with E-state index in [0.717, 1.165) is 3.57 Å². The third kappa shape index (κ3) is 7.66. The molecule has 0 radical (unpaired) electrons. The van der Waals surface area contributed by atoms with Gasteiger partial charge in [0.15, 0.2) is 0 Å². The summed E-state index contributed by atoms with van der Waals surface area (Å²) in [5, 5.41) is 14.9. The largest absolute Gasteiger partial charge is 0.389 e. The van der Waals surface area contributed by atoms with Gasteiger partial charge >= 0.3 is 6.03 Å². The fourth-order valence-electron chi connectivity index (χ4n) is 1.42. The van der Waals surface area contributed by atoms with Crippen LogP contribution in [0.3, 0.4) is 0 Å². The molecule has 0 spiro atoms. The number of carbonyl (C=O) groups excluding carboxylic acids is 1. The molecule has 0 saturated heterocycles. The van der Waals surface area contributed by atoms with Gasteiger partial charge in [-0.2, -0.15) is 0 Å². The molecular weight excluding hydrogens is 371 g/mol. The Bertz CT molecular complexity index is 409. The highest BCUT2D eigenvalue weighted by Crippen LogP contribution is 2.10. The summed E-state index contributed by atoms with van der Waals surface area (Å²) in [5.74, 6) is 0.430. The summed E-state index contributed by atoms with van der Waals surface area (Å²) in [5.41, 5.74) is 0.716. The van der Waals surface area contributed by atoms with E-state index in [0.29, 0.717) is 18.2 Å². The van der Waals surface area contributed by atoms with Gasteiger partial charge in [0, 0.05) is 22.4 Å². The summed E-state index contributed by atoms with van der Waals surface area (Å²) in [6.45, 7) is 5.07. The lowest BCUT2D eigenvalue weighted by molar-refractivity contribution is 0.0274. The van der Waals surface area contributed by atoms with Crippen molar-refractivity contribution < 1.29 is 14.6 Å². The second-order valence-corrected chi connectivity index (χ2v) is 6.17. The molecule has 0 fully saturated rings. The van der Waals surface area contributed by atoms with Gasteiger partial charge in [-0.25, -0.2) is 4.79 Å². The fraction of sp³-hybridized carbons (Fsp3) is 0.500. The molecule has 0 heterocycles. The lowest BCUT2D eigenvalue weighted by Crippen LogP contribution is -2.37. The number of hydrogen-bond acceptors (Lipinski definition) is 3. The average molecular weight is 392 g/mol. The molecule has 0 aliphatic rings. The molecule has 5 nitrogen and oxygen atoms in total. The van der Waals surface area contributed by atoms with E-state index >= 15 is 0 Å². The van der Waals surface area contributed by atoms with Gasteiger partial charge in [0.25, 0.3) is 0 Å². The van der Waals surface area contributed by atoms with E-state index in [1.807, 2.05) is 38.1 Å². The van der Waals surface area contributed by atoms with Crippen LogP contribution in [0, 0.1) is 9.49 Å². The predicted molar refractivity (Wildman–Crippen MR) is 87.8 cm³/mol. The lowest BCUT2D eigenvalue weighted by Gasteiger charge is -2.14. The van der Waals surface area contributed by atoms with Crippen molar-refractivity contribution in [1.82, 2.24) is 5.32 Å². The number of urea groups is 1. The Hall–Kier alpha value is -0.860. The van der Waals surface area contributed by atoms with Crippen LogP contribution in [0.1, 0.15) is 13.8 Å². The highest BCUT2D eigenvalue weighted by atomic mass is 127. The zero-order valence-corrected chi connectivity index (χ0v) is 13.9. The number of rotatable bonds is 7. The molecule has 3 N–H and O–H groups in total. The number of aliphatic hydroxyl groups is 1. The number of halogens is 1. The van der Waals surface area contributed by atoms with E-state index in [-0.39, 0.29) is 19.2 Å². The Morgan fingerprint density at radius 1 is 1.30 bits per heavy atom. The number of amides is 2. The molecular formula is C14H21IN2O3. The van der Waals surface area contributed by atoms with Crippen LogP contribution in [0.15, 0.2) is 24.3 Å². The number of nitrogens with one attached hydrogen (secondary N) is 2. The normalized spacial score (nSPS) is 12.2. The SMILES string of the molecule is CC(C)COCC(O)CNC(=O)Nc1ccc(I)cc1. The number of carbonyl (C=O) groups is 1. The molecule has 2 amide bonds. The molecule has 6 heteroatoms. The molecule has 112 valence electrons. The lowest BCUT2D eigenvalue weighted by atomic mass is 10.2. The van der Waals surface area contributed by atoms with Crippen molar-refractivity contribution in [3.8, 4) is 0 Å². The number of anilines is 1. The standard InChI is InChI=1S/C14H21IN2O3/c1-10(2)8-20-9-13(18)7-16-14(19)17-12-5-3-11(15)4-6-12/h3-6,10,13,18H,7-9H2,1-2H3,(H2,16,17,19). The van der Waals surface area contributed by atoms with Crippen molar-refractivity contribution in [2.24, 2.45) is 5.92 Å². The topological polar surface area (TPSA) is 70.6 Å². The van der Waals surface area contributed by atoms with E-state index in [2.05, 4.69) is 33.2 Å². The molecule has 0 aliphatic carbocycles. The summed E-state index contributed by atoms with van der Waals surface area (Å²) in [6, 6.07) is 7.12. The average Bonchev–Trinajstić information content (AvgIpc) is 2.39. The third-order valence-electron chi connectivity index (χ3n) is 2.36. The zero-order valence-electron chi connectivity index (χ0n) is 11.7. The zero-order chi connectivity index (χ0) is 15.0. The molecule has 0 aliphatic heterocycles. The Morgan fingerprint density at radius 3 is 2.55 bits per heavy atom. The highest BCUT2D eigenvalue weighted by molar-refractivity contribution is 14.1. The van der Waals surface area contributed by atoms with Crippen molar-refractivity contribution in [3.05, 3.63) is 27.8 Å². The van der Waals surface area contributed by atoms with Gasteiger partial charge in [0.05, 0.1) is 12.7 Å². The van der Waals surface area contributed by atoms with Crippen molar-refractivity contribution in [2.45, 2.75) is 20.0 Å². The highest BCUT2D eigenvalue weighted by Gasteiger charge is 2.08. The van der Waals surface area contributed by atoms with Crippen LogP contribution in [-0.4, -0.2) is 37.0 Å². The van der Waals surface area contributed by atoms with E-state index in [9.17, 15) is 9.90 Å². The summed E-state index contributed by atoms with van der Waals surface area (Å²) in [4.78, 5) is 11.6. The number of hydrogen-bond donors (Lipinski definition) is 3. The summed E-state index contributed by atoms with van der Waals surface area (Å²) < 4.78 is 6.40. The summed E-state index contributed by atoms with van der Waals surface area (Å²) in [6.07, 6.45) is -0.698. The van der Waals surface area contributed by atoms with E-state index in [1.165, 1.54) is 0 Å². The fourth-order valence-corrected chi connectivity index (χ4v) is 1.78. The number of ether oxygens (including phenoxy) is 1. The van der Waals surface area contributed by atoms with Crippen molar-refractivity contribution in [2.75, 3.05) is 25.1 Å². The molecule has 1 unspecified atom stereocenters. The Morgan fingerprint density at radius 2 is 1.95 bits per heavy atom. The van der Waals surface area contributed by atoms with Crippen molar-refractivity contribution in [1.29, 1.82) is 0 Å². The van der Waals surface area contributed by atoms with Crippen LogP contribution in [0.5, 0.6) is 0 Å². The van der Waals surface area contributed by atoms with Gasteiger partial charge in [0.1, 0.15) is 0 Å². The van der Waals surface area contributed by atoms with Gasteiger partial charge in [-0.1, -0.05) is 13.8 Å². The predicted octanol–water partition coefficient (Wildman–Crippen LogP) is 2.45. The molecule has 0 bridgehead atoms.